The topological polar surface area (TPSA) is 107 Å². The zero-order valence-corrected chi connectivity index (χ0v) is 15.7. The average Bonchev–Trinajstić information content (AvgIpc) is 2.55. The van der Waals surface area contributed by atoms with E-state index in [1.54, 1.807) is 0 Å². The summed E-state index contributed by atoms with van der Waals surface area (Å²) in [7, 11) is 0. The van der Waals surface area contributed by atoms with Gasteiger partial charge in [0.05, 0.1) is 6.61 Å². The minimum atomic E-state index is -1.38. The second-order valence-corrected chi connectivity index (χ2v) is 9.18. The summed E-state index contributed by atoms with van der Waals surface area (Å²) in [4.78, 5) is 15.7. The van der Waals surface area contributed by atoms with Crippen LogP contribution in [0.15, 0.2) is 0 Å². The van der Waals surface area contributed by atoms with Crippen LogP contribution in [0.3, 0.4) is 0 Å². The molecule has 0 aromatic rings. The summed E-state index contributed by atoms with van der Waals surface area (Å²) in [6, 6.07) is 0. The Bertz CT molecular complexity index is 492. The molecule has 7 nitrogen and oxygen atoms in total. The van der Waals surface area contributed by atoms with Gasteiger partial charge in [-0.05, 0) is 11.8 Å². The molecule has 0 aromatic heterocycles. The highest BCUT2D eigenvalue weighted by molar-refractivity contribution is 5.92. The second kappa shape index (κ2) is 6.25. The standard InChI is InChI=1S/C18H32N2O5/c1-10(2)17-6-19-8-18(11(3)4,16(17)25)9-20(7-17)15(19)14(24)13(23)12(22)5-21/h10-15,21-24H,5-9H2,1-4H3/p+2/t12-,13-,14-,15?,17?,18?/m1/s1. The van der Waals surface area contributed by atoms with E-state index >= 15 is 0 Å². The van der Waals surface area contributed by atoms with E-state index in [4.69, 9.17) is 5.11 Å². The molecule has 0 aromatic carbocycles. The Kier molecular flexibility index (Phi) is 4.80. The third kappa shape index (κ3) is 2.51. The molecule has 4 aliphatic heterocycles. The van der Waals surface area contributed by atoms with Gasteiger partial charge >= 0.3 is 0 Å². The van der Waals surface area contributed by atoms with Gasteiger partial charge in [0.1, 0.15) is 49.2 Å². The van der Waals surface area contributed by atoms with Crippen molar-refractivity contribution in [3.63, 3.8) is 0 Å². The molecule has 6 N–H and O–H groups in total. The van der Waals surface area contributed by atoms with Gasteiger partial charge in [-0.2, -0.15) is 0 Å². The van der Waals surface area contributed by atoms with Crippen molar-refractivity contribution in [2.45, 2.75) is 52.2 Å². The van der Waals surface area contributed by atoms with Crippen molar-refractivity contribution in [1.82, 2.24) is 0 Å². The van der Waals surface area contributed by atoms with E-state index in [0.29, 0.717) is 32.0 Å². The van der Waals surface area contributed by atoms with Gasteiger partial charge in [-0.25, -0.2) is 0 Å². The number of piperidine rings is 2. The molecule has 4 heterocycles. The number of quaternary nitrogens is 2. The Morgan fingerprint density at radius 2 is 1.36 bits per heavy atom. The maximum Gasteiger partial charge on any atom is 0.242 e. The van der Waals surface area contributed by atoms with Crippen molar-refractivity contribution in [3.8, 4) is 0 Å². The summed E-state index contributed by atoms with van der Waals surface area (Å²) >= 11 is 0. The van der Waals surface area contributed by atoms with Crippen LogP contribution in [0.5, 0.6) is 0 Å². The third-order valence-corrected chi connectivity index (χ3v) is 7.44. The zero-order valence-electron chi connectivity index (χ0n) is 15.7. The maximum absolute atomic E-state index is 13.5. The second-order valence-electron chi connectivity index (χ2n) is 9.18. The predicted octanol–water partition coefficient (Wildman–Crippen LogP) is -3.95. The molecule has 3 atom stereocenters. The van der Waals surface area contributed by atoms with Crippen LogP contribution in [0.1, 0.15) is 27.7 Å². The molecule has 0 saturated carbocycles. The number of Topliss-reactive ketones (excluding diaryl/α,β-unsaturated/α-hetero) is 1. The number of aliphatic hydroxyl groups is 4. The van der Waals surface area contributed by atoms with Gasteiger partial charge in [0.25, 0.3) is 0 Å². The van der Waals surface area contributed by atoms with Crippen LogP contribution in [0.25, 0.3) is 0 Å². The van der Waals surface area contributed by atoms with Crippen LogP contribution in [-0.4, -0.2) is 83.5 Å². The molecule has 144 valence electrons. The van der Waals surface area contributed by atoms with Crippen LogP contribution in [0, 0.1) is 22.7 Å². The van der Waals surface area contributed by atoms with E-state index in [9.17, 15) is 20.1 Å². The van der Waals surface area contributed by atoms with Crippen LogP contribution in [0.4, 0.5) is 0 Å². The van der Waals surface area contributed by atoms with Crippen molar-refractivity contribution in [3.05, 3.63) is 0 Å². The summed E-state index contributed by atoms with van der Waals surface area (Å²) in [6.45, 7) is 10.5. The molecule has 4 fully saturated rings. The Morgan fingerprint density at radius 3 is 1.68 bits per heavy atom. The molecule has 7 heteroatoms. The van der Waals surface area contributed by atoms with E-state index in [-0.39, 0.29) is 28.8 Å². The fourth-order valence-corrected chi connectivity index (χ4v) is 5.77. The molecule has 0 radical (unpaired) electrons. The molecule has 0 amide bonds. The Morgan fingerprint density at radius 1 is 0.960 bits per heavy atom. The molecule has 0 aliphatic carbocycles. The number of rotatable bonds is 6. The third-order valence-electron chi connectivity index (χ3n) is 7.44. The monoisotopic (exact) mass is 358 g/mol. The van der Waals surface area contributed by atoms with E-state index < -0.39 is 24.9 Å². The van der Waals surface area contributed by atoms with Crippen molar-refractivity contribution in [1.29, 1.82) is 0 Å². The average molecular weight is 358 g/mol. The molecular formula is C18H34N2O5+2. The Labute approximate surface area is 149 Å². The molecule has 25 heavy (non-hydrogen) atoms. The number of hydrogen-bond donors (Lipinski definition) is 6. The number of aliphatic hydroxyl groups excluding tert-OH is 4. The van der Waals surface area contributed by atoms with Gasteiger partial charge in [0, 0.05) is 0 Å². The minimum Gasteiger partial charge on any atom is -0.394 e. The van der Waals surface area contributed by atoms with Gasteiger partial charge in [-0.1, -0.05) is 27.7 Å². The molecular weight excluding hydrogens is 324 g/mol. The molecule has 0 spiro atoms. The van der Waals surface area contributed by atoms with E-state index in [1.807, 2.05) is 0 Å². The summed E-state index contributed by atoms with van der Waals surface area (Å²) in [5.41, 5.74) is -0.746. The van der Waals surface area contributed by atoms with Gasteiger partial charge < -0.3 is 20.4 Å². The Balaban J connectivity index is 1.95. The molecule has 4 bridgehead atoms. The normalized spacial score (nSPS) is 43.8. The molecule has 0 unspecified atom stereocenters. The molecule has 4 aliphatic rings. The predicted molar refractivity (Wildman–Crippen MR) is 89.8 cm³/mol. The summed E-state index contributed by atoms with van der Waals surface area (Å²) < 4.78 is 0. The first-order valence-electron chi connectivity index (χ1n) is 9.50. The smallest absolute Gasteiger partial charge is 0.242 e. The van der Waals surface area contributed by atoms with Crippen molar-refractivity contribution in [2.24, 2.45) is 22.7 Å². The van der Waals surface area contributed by atoms with E-state index in [2.05, 4.69) is 27.7 Å². The molecule has 4 rings (SSSR count). The van der Waals surface area contributed by atoms with Crippen molar-refractivity contribution < 1.29 is 35.0 Å². The van der Waals surface area contributed by atoms with Crippen LogP contribution in [-0.2, 0) is 4.79 Å². The highest BCUT2D eigenvalue weighted by Crippen LogP contribution is 2.44. The SMILES string of the molecule is CC(C)C12C[NH+]3CC(C(C)C)(C[NH+](C1)C3[C@H](O)[C@H](O)[C@H](O)CO)C2=O. The zero-order chi connectivity index (χ0) is 18.7. The van der Waals surface area contributed by atoms with Crippen LogP contribution >= 0.6 is 0 Å². The first-order valence-corrected chi connectivity index (χ1v) is 9.50. The van der Waals surface area contributed by atoms with E-state index in [0.717, 1.165) is 9.80 Å². The quantitative estimate of drug-likeness (QED) is 0.291. The van der Waals surface area contributed by atoms with Gasteiger partial charge in [0.15, 0.2) is 11.9 Å². The lowest BCUT2D eigenvalue weighted by molar-refractivity contribution is -1.17. The number of carbonyl (C=O) groups is 1. The summed E-state index contributed by atoms with van der Waals surface area (Å²) in [6.07, 6.45) is -4.14. The number of carbonyl (C=O) groups excluding carboxylic acids is 1. The number of hydrogen-bond acceptors (Lipinski definition) is 5. The van der Waals surface area contributed by atoms with Gasteiger partial charge in [-0.3, -0.25) is 14.6 Å². The first kappa shape index (κ1) is 19.2. The van der Waals surface area contributed by atoms with Gasteiger partial charge in [0.2, 0.25) is 6.17 Å². The Hall–Kier alpha value is -0.570. The lowest BCUT2D eigenvalue weighted by Gasteiger charge is -2.63. The van der Waals surface area contributed by atoms with Crippen LogP contribution in [0.2, 0.25) is 0 Å². The largest absolute Gasteiger partial charge is 0.394 e. The first-order chi connectivity index (χ1) is 11.6. The minimum absolute atomic E-state index is 0.231. The summed E-state index contributed by atoms with van der Waals surface area (Å²) in [5.74, 6) is 0.853. The lowest BCUT2D eigenvalue weighted by Crippen LogP contribution is -3.46. The fraction of sp³-hybridized carbons (Fsp3) is 0.944. The van der Waals surface area contributed by atoms with Crippen molar-refractivity contribution in [2.75, 3.05) is 32.8 Å². The lowest BCUT2D eigenvalue weighted by atomic mass is 9.53. The fourth-order valence-electron chi connectivity index (χ4n) is 5.77. The molecule has 4 saturated heterocycles. The number of ketones is 1. The summed E-state index contributed by atoms with van der Waals surface area (Å²) in [5, 5.41) is 39.8. The van der Waals surface area contributed by atoms with Crippen LogP contribution < -0.4 is 9.80 Å². The van der Waals surface area contributed by atoms with E-state index in [1.165, 1.54) is 0 Å². The van der Waals surface area contributed by atoms with Crippen molar-refractivity contribution >= 4 is 5.78 Å². The highest BCUT2D eigenvalue weighted by atomic mass is 16.4. The van der Waals surface area contributed by atoms with Gasteiger partial charge in [-0.15, -0.1) is 0 Å². The maximum atomic E-state index is 13.5. The number of nitrogens with one attached hydrogen (secondary N) is 2. The highest BCUT2D eigenvalue weighted by Gasteiger charge is 2.73.